The molecule has 1 amide bonds. The van der Waals surface area contributed by atoms with Crippen molar-refractivity contribution in [2.24, 2.45) is 7.05 Å². The Labute approximate surface area is 149 Å². The van der Waals surface area contributed by atoms with Crippen LogP contribution < -0.4 is 0 Å². The first-order valence-corrected chi connectivity index (χ1v) is 8.54. The minimum atomic E-state index is -0.854. The molecule has 0 aliphatic carbocycles. The number of hydrogen-bond acceptors (Lipinski definition) is 6. The lowest BCUT2D eigenvalue weighted by Gasteiger charge is -2.26. The topological polar surface area (TPSA) is 102 Å². The van der Waals surface area contributed by atoms with E-state index in [0.29, 0.717) is 48.9 Å². The van der Waals surface area contributed by atoms with E-state index in [0.717, 1.165) is 5.69 Å². The summed E-state index contributed by atoms with van der Waals surface area (Å²) in [6.07, 6.45) is 1.48. The van der Waals surface area contributed by atoms with Gasteiger partial charge in [-0.15, -0.1) is 0 Å². The number of hydrogen-bond donors (Lipinski definition) is 1. The smallest absolute Gasteiger partial charge is 0.276 e. The molecule has 0 unspecified atom stereocenters. The third kappa shape index (κ3) is 2.80. The predicted octanol–water partition coefficient (Wildman–Crippen LogP) is 0.905. The van der Waals surface area contributed by atoms with Crippen molar-refractivity contribution in [2.45, 2.75) is 32.5 Å². The maximum absolute atomic E-state index is 12.6. The van der Waals surface area contributed by atoms with E-state index in [1.54, 1.807) is 35.0 Å². The molecule has 3 aromatic rings. The minimum absolute atomic E-state index is 0.158. The fourth-order valence-corrected chi connectivity index (χ4v) is 3.14. The van der Waals surface area contributed by atoms with Crippen molar-refractivity contribution in [1.29, 1.82) is 0 Å². The normalized spacial score (nSPS) is 15.1. The maximum Gasteiger partial charge on any atom is 0.276 e. The highest BCUT2D eigenvalue weighted by Gasteiger charge is 2.27. The first kappa shape index (κ1) is 16.5. The van der Waals surface area contributed by atoms with Gasteiger partial charge in [0.05, 0.1) is 30.2 Å². The van der Waals surface area contributed by atoms with Gasteiger partial charge in [0.1, 0.15) is 11.9 Å². The van der Waals surface area contributed by atoms with Crippen LogP contribution in [0, 0.1) is 0 Å². The van der Waals surface area contributed by atoms with Crippen LogP contribution in [-0.4, -0.2) is 47.2 Å². The zero-order valence-electron chi connectivity index (χ0n) is 14.7. The van der Waals surface area contributed by atoms with E-state index in [1.165, 1.54) is 0 Å². The zero-order chi connectivity index (χ0) is 18.3. The van der Waals surface area contributed by atoms with Gasteiger partial charge in [0.2, 0.25) is 0 Å². The molecule has 0 spiro atoms. The van der Waals surface area contributed by atoms with Crippen molar-refractivity contribution in [2.75, 3.05) is 6.54 Å². The molecule has 1 N–H and O–H groups in total. The number of carbonyl (C=O) groups is 1. The summed E-state index contributed by atoms with van der Waals surface area (Å²) in [7, 11) is 1.78. The molecule has 0 aromatic carbocycles. The molecule has 1 atom stereocenters. The average molecular weight is 356 g/mol. The van der Waals surface area contributed by atoms with Gasteiger partial charge in [-0.2, -0.15) is 10.2 Å². The number of fused-ring (bicyclic) bond motifs is 1. The van der Waals surface area contributed by atoms with Crippen LogP contribution in [0.5, 0.6) is 0 Å². The minimum Gasteiger partial charge on any atom is -0.380 e. The molecule has 0 fully saturated rings. The first-order chi connectivity index (χ1) is 12.6. The Morgan fingerprint density at radius 2 is 2.23 bits per heavy atom. The summed E-state index contributed by atoms with van der Waals surface area (Å²) in [5.41, 5.74) is 2.42. The molecule has 4 heterocycles. The third-order valence-corrected chi connectivity index (χ3v) is 4.65. The molecule has 4 rings (SSSR count). The molecule has 9 heteroatoms. The summed E-state index contributed by atoms with van der Waals surface area (Å²) in [6.45, 7) is 3.46. The second-order valence-electron chi connectivity index (χ2n) is 6.32. The summed E-state index contributed by atoms with van der Waals surface area (Å²) in [5, 5.41) is 23.0. The summed E-state index contributed by atoms with van der Waals surface area (Å²) in [4.78, 5) is 14.3. The molecule has 0 radical (unpaired) electrons. The summed E-state index contributed by atoms with van der Waals surface area (Å²) >= 11 is 0. The van der Waals surface area contributed by atoms with Gasteiger partial charge < -0.3 is 14.5 Å². The standard InChI is InChI=1S/C17H20N6O3/c1-3-12-9-14(20-26-12)17(25)22-6-7-23-11(10-22)8-13(19-23)16(24)15-4-5-18-21(15)2/h4-5,8-9,16,24H,3,6-7,10H2,1-2H3/t16-/m1/s1. The van der Waals surface area contributed by atoms with Gasteiger partial charge in [-0.25, -0.2) is 0 Å². The van der Waals surface area contributed by atoms with Crippen LogP contribution in [0.3, 0.4) is 0 Å². The van der Waals surface area contributed by atoms with Crippen molar-refractivity contribution in [3.63, 3.8) is 0 Å². The molecule has 9 nitrogen and oxygen atoms in total. The molecule has 1 aliphatic rings. The molecule has 0 saturated heterocycles. The second-order valence-corrected chi connectivity index (χ2v) is 6.32. The Bertz CT molecular complexity index is 940. The largest absolute Gasteiger partial charge is 0.380 e. The van der Waals surface area contributed by atoms with E-state index in [-0.39, 0.29) is 5.91 Å². The number of nitrogens with zero attached hydrogens (tertiary/aromatic N) is 6. The van der Waals surface area contributed by atoms with Crippen LogP contribution in [0.15, 0.2) is 28.9 Å². The van der Waals surface area contributed by atoms with Crippen LogP contribution in [0.4, 0.5) is 0 Å². The van der Waals surface area contributed by atoms with Gasteiger partial charge in [0, 0.05) is 32.3 Å². The molecule has 26 heavy (non-hydrogen) atoms. The number of rotatable bonds is 4. The lowest BCUT2D eigenvalue weighted by atomic mass is 10.1. The van der Waals surface area contributed by atoms with Gasteiger partial charge in [-0.1, -0.05) is 12.1 Å². The van der Waals surface area contributed by atoms with Crippen LogP contribution in [0.2, 0.25) is 0 Å². The quantitative estimate of drug-likeness (QED) is 0.745. The number of aromatic nitrogens is 5. The van der Waals surface area contributed by atoms with E-state index >= 15 is 0 Å². The van der Waals surface area contributed by atoms with Crippen molar-refractivity contribution in [1.82, 2.24) is 29.6 Å². The Balaban J connectivity index is 1.53. The van der Waals surface area contributed by atoms with Gasteiger partial charge >= 0.3 is 0 Å². The lowest BCUT2D eigenvalue weighted by molar-refractivity contribution is 0.0695. The molecular weight excluding hydrogens is 336 g/mol. The monoisotopic (exact) mass is 356 g/mol. The highest BCUT2D eigenvalue weighted by Crippen LogP contribution is 2.23. The maximum atomic E-state index is 12.6. The van der Waals surface area contributed by atoms with Gasteiger partial charge in [0.15, 0.2) is 5.69 Å². The number of aryl methyl sites for hydroxylation is 2. The Morgan fingerprint density at radius 3 is 2.92 bits per heavy atom. The molecule has 1 aliphatic heterocycles. The molecule has 3 aromatic heterocycles. The van der Waals surface area contributed by atoms with E-state index < -0.39 is 6.10 Å². The van der Waals surface area contributed by atoms with Crippen molar-refractivity contribution < 1.29 is 14.4 Å². The molecule has 0 saturated carbocycles. The van der Waals surface area contributed by atoms with Gasteiger partial charge in [-0.3, -0.25) is 14.2 Å². The summed E-state index contributed by atoms with van der Waals surface area (Å²) in [6, 6.07) is 5.28. The van der Waals surface area contributed by atoms with Gasteiger partial charge in [0.25, 0.3) is 5.91 Å². The van der Waals surface area contributed by atoms with Crippen molar-refractivity contribution >= 4 is 5.91 Å². The molecule has 0 bridgehead atoms. The van der Waals surface area contributed by atoms with E-state index in [9.17, 15) is 9.90 Å². The Hall–Kier alpha value is -2.94. The fourth-order valence-electron chi connectivity index (χ4n) is 3.14. The van der Waals surface area contributed by atoms with E-state index in [4.69, 9.17) is 4.52 Å². The molecule has 136 valence electrons. The van der Waals surface area contributed by atoms with Crippen LogP contribution in [-0.2, 0) is 26.6 Å². The van der Waals surface area contributed by atoms with Crippen LogP contribution in [0.1, 0.15) is 46.4 Å². The number of aliphatic hydroxyl groups excluding tert-OH is 1. The highest BCUT2D eigenvalue weighted by atomic mass is 16.5. The Kier molecular flexibility index (Phi) is 4.08. The van der Waals surface area contributed by atoms with Crippen molar-refractivity contribution in [3.05, 3.63) is 52.9 Å². The second kappa shape index (κ2) is 6.41. The summed E-state index contributed by atoms with van der Waals surface area (Å²) < 4.78 is 8.58. The third-order valence-electron chi connectivity index (χ3n) is 4.65. The van der Waals surface area contributed by atoms with E-state index in [2.05, 4.69) is 15.4 Å². The number of aliphatic hydroxyl groups is 1. The van der Waals surface area contributed by atoms with Gasteiger partial charge in [-0.05, 0) is 12.1 Å². The number of amides is 1. The van der Waals surface area contributed by atoms with Crippen LogP contribution in [0.25, 0.3) is 0 Å². The summed E-state index contributed by atoms with van der Waals surface area (Å²) in [5.74, 6) is 0.534. The zero-order valence-corrected chi connectivity index (χ0v) is 14.7. The fraction of sp³-hybridized carbons (Fsp3) is 0.412. The van der Waals surface area contributed by atoms with E-state index in [1.807, 2.05) is 17.7 Å². The lowest BCUT2D eigenvalue weighted by Crippen LogP contribution is -2.38. The average Bonchev–Trinajstić information content (AvgIpc) is 3.38. The number of carbonyl (C=O) groups excluding carboxylic acids is 1. The SMILES string of the molecule is CCc1cc(C(=O)N2CCn3nc([C@@H](O)c4ccnn4C)cc3C2)no1. The predicted molar refractivity (Wildman–Crippen MR) is 90.1 cm³/mol. The Morgan fingerprint density at radius 1 is 1.38 bits per heavy atom. The highest BCUT2D eigenvalue weighted by molar-refractivity contribution is 5.92. The van der Waals surface area contributed by atoms with Crippen molar-refractivity contribution in [3.8, 4) is 0 Å². The molecular formula is C17H20N6O3. The first-order valence-electron chi connectivity index (χ1n) is 8.54. The van der Waals surface area contributed by atoms with Crippen LogP contribution >= 0.6 is 0 Å².